The van der Waals surface area contributed by atoms with Gasteiger partial charge in [0.15, 0.2) is 0 Å². The number of aromatic amines is 1. The third kappa shape index (κ3) is 4.08. The predicted molar refractivity (Wildman–Crippen MR) is 104 cm³/mol. The van der Waals surface area contributed by atoms with Crippen LogP contribution in [-0.2, 0) is 9.53 Å². The first kappa shape index (κ1) is 19.0. The van der Waals surface area contributed by atoms with Crippen molar-refractivity contribution in [3.05, 3.63) is 30.3 Å². The molecule has 1 atom stereocenters. The third-order valence-electron chi connectivity index (χ3n) is 5.00. The van der Waals surface area contributed by atoms with Crippen molar-refractivity contribution in [3.63, 3.8) is 0 Å². The highest BCUT2D eigenvalue weighted by molar-refractivity contribution is 5.90. The Bertz CT molecular complexity index is 884. The van der Waals surface area contributed by atoms with E-state index in [1.165, 1.54) is 24.2 Å². The predicted octanol–water partition coefficient (Wildman–Crippen LogP) is 0.732. The molecule has 0 bridgehead atoms. The summed E-state index contributed by atoms with van der Waals surface area (Å²) >= 11 is 0. The Labute approximate surface area is 166 Å². The van der Waals surface area contributed by atoms with Crippen LogP contribution in [0.2, 0.25) is 0 Å². The van der Waals surface area contributed by atoms with Crippen molar-refractivity contribution < 1.29 is 18.7 Å². The fraction of sp³-hybridized carbons (Fsp3) is 0.444. The summed E-state index contributed by atoms with van der Waals surface area (Å²) in [4.78, 5) is 32.7. The number of rotatable bonds is 5. The first-order chi connectivity index (χ1) is 14.0. The van der Waals surface area contributed by atoms with Gasteiger partial charge in [0.05, 0.1) is 24.5 Å². The number of hydrogen-bond acceptors (Lipinski definition) is 7. The van der Waals surface area contributed by atoms with Crippen molar-refractivity contribution in [3.8, 4) is 0 Å². The number of aromatic nitrogens is 3. The smallest absolute Gasteiger partial charge is 0.414 e. The van der Waals surface area contributed by atoms with Crippen LogP contribution in [0.1, 0.15) is 6.92 Å². The van der Waals surface area contributed by atoms with Crippen molar-refractivity contribution in [2.45, 2.75) is 13.0 Å². The normalized spacial score (nSPS) is 19.4. The van der Waals surface area contributed by atoms with Crippen LogP contribution < -0.4 is 20.0 Å². The lowest BCUT2D eigenvalue weighted by Gasteiger charge is -2.35. The summed E-state index contributed by atoms with van der Waals surface area (Å²) < 4.78 is 20.0. The second kappa shape index (κ2) is 7.94. The summed E-state index contributed by atoms with van der Waals surface area (Å²) in [6.07, 6.45) is 0.523. The number of piperazine rings is 1. The van der Waals surface area contributed by atoms with Gasteiger partial charge >= 0.3 is 6.09 Å². The van der Waals surface area contributed by atoms with Gasteiger partial charge in [0.25, 0.3) is 0 Å². The second-order valence-electron chi connectivity index (χ2n) is 6.96. The molecule has 0 aliphatic carbocycles. The van der Waals surface area contributed by atoms with Crippen LogP contribution in [0.25, 0.3) is 0 Å². The van der Waals surface area contributed by atoms with Gasteiger partial charge in [-0.15, -0.1) is 5.10 Å². The minimum absolute atomic E-state index is 0.196. The lowest BCUT2D eigenvalue weighted by molar-refractivity contribution is -0.119. The molecule has 1 unspecified atom stereocenters. The molecule has 1 aromatic carbocycles. The van der Waals surface area contributed by atoms with E-state index < -0.39 is 18.0 Å². The Kier molecular flexibility index (Phi) is 5.19. The van der Waals surface area contributed by atoms with E-state index in [1.807, 2.05) is 9.80 Å². The van der Waals surface area contributed by atoms with Gasteiger partial charge < -0.3 is 19.9 Å². The molecule has 4 rings (SSSR count). The highest BCUT2D eigenvalue weighted by Crippen LogP contribution is 2.28. The quantitative estimate of drug-likeness (QED) is 0.758. The van der Waals surface area contributed by atoms with Gasteiger partial charge in [0.2, 0.25) is 11.9 Å². The van der Waals surface area contributed by atoms with Crippen LogP contribution in [0.15, 0.2) is 24.5 Å². The van der Waals surface area contributed by atoms with Crippen LogP contribution in [0, 0.1) is 5.82 Å². The minimum Gasteiger partial charge on any atom is -0.442 e. The highest BCUT2D eigenvalue weighted by Gasteiger charge is 2.33. The Morgan fingerprint density at radius 1 is 1.31 bits per heavy atom. The van der Waals surface area contributed by atoms with Crippen molar-refractivity contribution in [1.82, 2.24) is 20.5 Å². The summed E-state index contributed by atoms with van der Waals surface area (Å²) in [5.74, 6) is 0.0480. The molecule has 0 saturated carbocycles. The zero-order chi connectivity index (χ0) is 20.4. The number of ether oxygens (including phenoxy) is 1. The number of H-pyrrole nitrogens is 1. The molecule has 2 fully saturated rings. The standard InChI is InChI=1S/C18H22FN7O3/c1-12(27)20-9-14-10-26(18(28)29-14)13-2-3-16(15(19)8-13)24-4-6-25(7-5-24)17-21-11-22-23-17/h2-3,8,11,14H,4-7,9-10H2,1H3,(H,20,27)(H,21,22,23). The molecular weight excluding hydrogens is 381 g/mol. The molecule has 11 heteroatoms. The molecule has 29 heavy (non-hydrogen) atoms. The minimum atomic E-state index is -0.549. The van der Waals surface area contributed by atoms with Crippen molar-refractivity contribution in [2.75, 3.05) is 54.0 Å². The molecule has 2 N–H and O–H groups in total. The first-order valence-electron chi connectivity index (χ1n) is 9.39. The average Bonchev–Trinajstić information content (AvgIpc) is 3.36. The van der Waals surface area contributed by atoms with E-state index in [4.69, 9.17) is 4.74 Å². The average molecular weight is 403 g/mol. The summed E-state index contributed by atoms with van der Waals surface area (Å²) in [5.41, 5.74) is 0.923. The fourth-order valence-electron chi connectivity index (χ4n) is 3.52. The maximum atomic E-state index is 14.8. The van der Waals surface area contributed by atoms with Gasteiger partial charge in [-0.05, 0) is 18.2 Å². The van der Waals surface area contributed by atoms with Crippen LogP contribution in [0.4, 0.5) is 26.5 Å². The molecule has 0 spiro atoms. The number of cyclic esters (lactones) is 1. The van der Waals surface area contributed by atoms with Crippen LogP contribution in [-0.4, -0.2) is 72.6 Å². The SMILES string of the molecule is CC(=O)NCC1CN(c2ccc(N3CCN(c4nc[nH]n4)CC3)c(F)c2)C(=O)O1. The van der Waals surface area contributed by atoms with E-state index in [0.29, 0.717) is 43.5 Å². The number of nitrogens with one attached hydrogen (secondary N) is 2. The van der Waals surface area contributed by atoms with Crippen LogP contribution in [0.5, 0.6) is 0 Å². The summed E-state index contributed by atoms with van der Waals surface area (Å²) in [7, 11) is 0. The fourth-order valence-corrected chi connectivity index (χ4v) is 3.52. The van der Waals surface area contributed by atoms with Crippen molar-refractivity contribution in [2.24, 2.45) is 0 Å². The molecule has 10 nitrogen and oxygen atoms in total. The molecule has 2 aliphatic heterocycles. The molecule has 2 aliphatic rings. The monoisotopic (exact) mass is 403 g/mol. The van der Waals surface area contributed by atoms with Crippen LogP contribution in [0.3, 0.4) is 0 Å². The van der Waals surface area contributed by atoms with E-state index in [0.717, 1.165) is 0 Å². The number of carbonyl (C=O) groups excluding carboxylic acids is 2. The van der Waals surface area contributed by atoms with Gasteiger partial charge in [0, 0.05) is 33.1 Å². The van der Waals surface area contributed by atoms with E-state index >= 15 is 0 Å². The molecule has 2 aromatic rings. The zero-order valence-electron chi connectivity index (χ0n) is 16.0. The maximum Gasteiger partial charge on any atom is 0.414 e. The maximum absolute atomic E-state index is 14.8. The number of nitrogens with zero attached hydrogens (tertiary/aromatic N) is 5. The second-order valence-corrected chi connectivity index (χ2v) is 6.96. The van der Waals surface area contributed by atoms with Gasteiger partial charge in [-0.2, -0.15) is 0 Å². The molecule has 2 amide bonds. The zero-order valence-corrected chi connectivity index (χ0v) is 16.0. The van der Waals surface area contributed by atoms with Gasteiger partial charge in [-0.3, -0.25) is 14.8 Å². The van der Waals surface area contributed by atoms with Gasteiger partial charge in [0.1, 0.15) is 18.2 Å². The molecule has 0 radical (unpaired) electrons. The van der Waals surface area contributed by atoms with Crippen LogP contribution >= 0.6 is 0 Å². The number of carbonyl (C=O) groups is 2. The number of amides is 2. The Hall–Kier alpha value is -3.37. The lowest BCUT2D eigenvalue weighted by atomic mass is 10.2. The third-order valence-corrected chi connectivity index (χ3v) is 5.00. The van der Waals surface area contributed by atoms with E-state index in [1.54, 1.807) is 12.1 Å². The molecule has 3 heterocycles. The van der Waals surface area contributed by atoms with Gasteiger partial charge in [-0.25, -0.2) is 14.2 Å². The highest BCUT2D eigenvalue weighted by atomic mass is 19.1. The molecule has 2 saturated heterocycles. The molecular formula is C18H22FN7O3. The van der Waals surface area contributed by atoms with Crippen molar-refractivity contribution in [1.29, 1.82) is 0 Å². The Morgan fingerprint density at radius 3 is 2.72 bits per heavy atom. The van der Waals surface area contributed by atoms with Gasteiger partial charge in [-0.1, -0.05) is 0 Å². The Morgan fingerprint density at radius 2 is 2.07 bits per heavy atom. The van der Waals surface area contributed by atoms with Crippen molar-refractivity contribution >= 4 is 29.3 Å². The van der Waals surface area contributed by atoms with E-state index in [9.17, 15) is 14.0 Å². The number of hydrogen-bond donors (Lipinski definition) is 2. The lowest BCUT2D eigenvalue weighted by Crippen LogP contribution is -2.47. The summed E-state index contributed by atoms with van der Waals surface area (Å²) in [6, 6.07) is 4.74. The molecule has 1 aromatic heterocycles. The molecule has 154 valence electrons. The summed E-state index contributed by atoms with van der Waals surface area (Å²) in [5, 5.41) is 9.38. The first-order valence-corrected chi connectivity index (χ1v) is 9.39. The Balaban J connectivity index is 1.39. The van der Waals surface area contributed by atoms with E-state index in [2.05, 4.69) is 20.5 Å². The number of anilines is 3. The number of halogens is 1. The number of benzene rings is 1. The topological polar surface area (TPSA) is 107 Å². The van der Waals surface area contributed by atoms with E-state index in [-0.39, 0.29) is 19.0 Å². The summed E-state index contributed by atoms with van der Waals surface area (Å²) in [6.45, 7) is 4.52. The largest absolute Gasteiger partial charge is 0.442 e.